The van der Waals surface area contributed by atoms with Gasteiger partial charge in [-0.3, -0.25) is 0 Å². The first-order valence-corrected chi connectivity index (χ1v) is 13.7. The molecule has 28 heavy (non-hydrogen) atoms. The van der Waals surface area contributed by atoms with Gasteiger partial charge in [-0.1, -0.05) is 0 Å². The summed E-state index contributed by atoms with van der Waals surface area (Å²) in [6.45, 7) is 1.79. The minimum absolute atomic E-state index is 0.199. The second-order valence-corrected chi connectivity index (χ2v) is 14.2. The molecule has 4 nitrogen and oxygen atoms in total. The number of hydrogen-bond acceptors (Lipinski definition) is 3. The summed E-state index contributed by atoms with van der Waals surface area (Å²) < 4.78 is 9.95. The van der Waals surface area contributed by atoms with Crippen LogP contribution < -0.4 is 5.32 Å². The van der Waals surface area contributed by atoms with Crippen LogP contribution in [0.15, 0.2) is 42.5 Å². The van der Waals surface area contributed by atoms with Gasteiger partial charge < -0.3 is 0 Å². The van der Waals surface area contributed by atoms with Crippen LogP contribution in [0.2, 0.25) is 10.0 Å². The van der Waals surface area contributed by atoms with Crippen molar-refractivity contribution in [3.63, 3.8) is 0 Å². The number of ether oxygens (including phenoxy) is 1. The normalized spacial score (nSPS) is 15.5. The number of benzene rings is 2. The SMILES string of the molecule is CN(C)I(Cc1ccc(NC(=O)c2ccc(Cl)c(Cl)c2)cc1)C1CCOCC1. The molecule has 0 unspecified atom stereocenters. The Morgan fingerprint density at radius 3 is 2.39 bits per heavy atom. The zero-order valence-electron chi connectivity index (χ0n) is 16.1. The van der Waals surface area contributed by atoms with Crippen LogP contribution in [0, 0.1) is 0 Å². The number of anilines is 1. The Hall–Kier alpha value is -0.860. The molecule has 0 aliphatic carbocycles. The van der Waals surface area contributed by atoms with Crippen LogP contribution in [0.5, 0.6) is 0 Å². The molecule has 0 bridgehead atoms. The number of halogens is 3. The number of carbonyl (C=O) groups excluding carboxylic acids is 1. The molecule has 1 aliphatic heterocycles. The molecule has 1 amide bonds. The van der Waals surface area contributed by atoms with Crippen LogP contribution in [-0.4, -0.2) is 40.3 Å². The fraction of sp³-hybridized carbons (Fsp3) is 0.381. The molecule has 0 spiro atoms. The summed E-state index contributed by atoms with van der Waals surface area (Å²) in [5.74, 6) is -0.199. The Labute approximate surface area is 184 Å². The van der Waals surface area contributed by atoms with Crippen LogP contribution in [0.4, 0.5) is 5.69 Å². The number of nitrogens with one attached hydrogen (secondary N) is 1. The zero-order valence-corrected chi connectivity index (χ0v) is 19.7. The van der Waals surface area contributed by atoms with Crippen LogP contribution in [-0.2, 0) is 9.16 Å². The summed E-state index contributed by atoms with van der Waals surface area (Å²) in [7, 11) is 4.43. The first-order valence-electron chi connectivity index (χ1n) is 9.19. The predicted octanol–water partition coefficient (Wildman–Crippen LogP) is 5.91. The van der Waals surface area contributed by atoms with E-state index in [0.717, 1.165) is 27.3 Å². The molecular weight excluding hydrogens is 510 g/mol. The van der Waals surface area contributed by atoms with Crippen molar-refractivity contribution in [2.24, 2.45) is 0 Å². The van der Waals surface area contributed by atoms with E-state index in [-0.39, 0.29) is 5.91 Å². The number of rotatable bonds is 6. The van der Waals surface area contributed by atoms with Gasteiger partial charge in [-0.25, -0.2) is 0 Å². The van der Waals surface area contributed by atoms with Crippen molar-refractivity contribution in [1.29, 1.82) is 0 Å². The van der Waals surface area contributed by atoms with E-state index in [1.807, 2.05) is 12.1 Å². The number of nitrogens with zero attached hydrogens (tertiary/aromatic N) is 1. The second-order valence-electron chi connectivity index (χ2n) is 6.86. The van der Waals surface area contributed by atoms with E-state index in [1.54, 1.807) is 18.2 Å². The molecule has 3 rings (SSSR count). The summed E-state index contributed by atoms with van der Waals surface area (Å²) in [6.07, 6.45) is 2.36. The Kier molecular flexibility index (Phi) is 8.00. The summed E-state index contributed by atoms with van der Waals surface area (Å²) in [5.41, 5.74) is 2.59. The molecule has 1 heterocycles. The molecule has 2 aromatic carbocycles. The Morgan fingerprint density at radius 2 is 1.79 bits per heavy atom. The monoisotopic (exact) mass is 534 g/mol. The van der Waals surface area contributed by atoms with E-state index in [0.29, 0.717) is 15.6 Å². The van der Waals surface area contributed by atoms with E-state index in [1.165, 1.54) is 18.4 Å². The van der Waals surface area contributed by atoms with Crippen LogP contribution in [0.1, 0.15) is 28.8 Å². The second kappa shape index (κ2) is 10.3. The molecule has 7 heteroatoms. The topological polar surface area (TPSA) is 41.6 Å². The van der Waals surface area contributed by atoms with Gasteiger partial charge in [-0.2, -0.15) is 0 Å². The van der Waals surface area contributed by atoms with Crippen molar-refractivity contribution in [2.45, 2.75) is 21.2 Å². The summed E-state index contributed by atoms with van der Waals surface area (Å²) >= 11 is 10.6. The molecule has 0 saturated carbocycles. The summed E-state index contributed by atoms with van der Waals surface area (Å²) in [5, 5.41) is 3.73. The first kappa shape index (κ1) is 21.8. The zero-order chi connectivity index (χ0) is 20.1. The standard InChI is InChI=1S/C21H25Cl2IN2O2/c1-26(2)24(17-9-11-28-12-10-17)14-15-3-6-18(7-4-15)25-21(27)16-5-8-19(22)20(23)13-16/h3-8,13,17H,9-12,14H2,1-2H3,(H,25,27). The molecule has 1 saturated heterocycles. The van der Waals surface area contributed by atoms with Gasteiger partial charge in [-0.15, -0.1) is 0 Å². The maximum absolute atomic E-state index is 12.4. The fourth-order valence-electron chi connectivity index (χ4n) is 3.10. The average molecular weight is 535 g/mol. The van der Waals surface area contributed by atoms with Gasteiger partial charge >= 0.3 is 185 Å². The van der Waals surface area contributed by atoms with Gasteiger partial charge in [0.25, 0.3) is 0 Å². The van der Waals surface area contributed by atoms with E-state index < -0.39 is 20.1 Å². The summed E-state index contributed by atoms with van der Waals surface area (Å²) in [4.78, 5) is 12.4. The van der Waals surface area contributed by atoms with Gasteiger partial charge in [0.15, 0.2) is 0 Å². The Bertz CT molecular complexity index is 809. The van der Waals surface area contributed by atoms with Crippen LogP contribution in [0.25, 0.3) is 0 Å². The first-order chi connectivity index (χ1) is 13.4. The molecular formula is C21H25Cl2IN2O2. The number of alkyl halides is 2. The van der Waals surface area contributed by atoms with Gasteiger partial charge in [-0.05, 0) is 0 Å². The van der Waals surface area contributed by atoms with Gasteiger partial charge in [0.05, 0.1) is 0 Å². The molecule has 1 N–H and O–H groups in total. The van der Waals surface area contributed by atoms with E-state index >= 15 is 0 Å². The molecule has 0 radical (unpaired) electrons. The van der Waals surface area contributed by atoms with Crippen molar-refractivity contribution >= 4 is 54.9 Å². The molecule has 1 fully saturated rings. The van der Waals surface area contributed by atoms with Crippen molar-refractivity contribution < 1.29 is 9.53 Å². The Balaban J connectivity index is 1.63. The van der Waals surface area contributed by atoms with Gasteiger partial charge in [0.2, 0.25) is 0 Å². The number of carbonyl (C=O) groups is 1. The number of hydrogen-bond donors (Lipinski definition) is 1. The van der Waals surface area contributed by atoms with Crippen LogP contribution >= 0.6 is 43.3 Å². The molecule has 2 aromatic rings. The van der Waals surface area contributed by atoms with Crippen molar-refractivity contribution in [2.75, 3.05) is 32.6 Å². The molecule has 0 atom stereocenters. The van der Waals surface area contributed by atoms with Gasteiger partial charge in [0, 0.05) is 0 Å². The summed E-state index contributed by atoms with van der Waals surface area (Å²) in [6, 6.07) is 13.1. The van der Waals surface area contributed by atoms with Crippen molar-refractivity contribution in [3.8, 4) is 0 Å². The van der Waals surface area contributed by atoms with Crippen LogP contribution in [0.3, 0.4) is 0 Å². The minimum atomic E-state index is -1.28. The van der Waals surface area contributed by atoms with E-state index in [4.69, 9.17) is 27.9 Å². The van der Waals surface area contributed by atoms with Crippen molar-refractivity contribution in [3.05, 3.63) is 63.6 Å². The molecule has 152 valence electrons. The molecule has 1 aliphatic rings. The predicted molar refractivity (Wildman–Crippen MR) is 126 cm³/mol. The Morgan fingerprint density at radius 1 is 1.11 bits per heavy atom. The third kappa shape index (κ3) is 5.83. The number of amides is 1. The van der Waals surface area contributed by atoms with E-state index in [9.17, 15) is 4.79 Å². The third-order valence-electron chi connectivity index (χ3n) is 4.63. The maximum atomic E-state index is 12.4. The average Bonchev–Trinajstić information content (AvgIpc) is 2.69. The third-order valence-corrected chi connectivity index (χ3v) is 12.8. The van der Waals surface area contributed by atoms with Gasteiger partial charge in [0.1, 0.15) is 0 Å². The van der Waals surface area contributed by atoms with E-state index in [2.05, 4.69) is 34.7 Å². The quantitative estimate of drug-likeness (QED) is 0.284. The molecule has 0 aromatic heterocycles. The fourth-order valence-corrected chi connectivity index (χ4v) is 9.64. The van der Waals surface area contributed by atoms with Crippen molar-refractivity contribution in [1.82, 2.24) is 3.11 Å².